The highest BCUT2D eigenvalue weighted by atomic mass is 16.3. The Bertz CT molecular complexity index is 847. The first-order valence-corrected chi connectivity index (χ1v) is 9.77. The van der Waals surface area contributed by atoms with Crippen molar-refractivity contribution in [1.82, 2.24) is 19.8 Å². The third kappa shape index (κ3) is 4.30. The number of nitrogens with zero attached hydrogens (tertiary/aromatic N) is 4. The van der Waals surface area contributed by atoms with Gasteiger partial charge in [-0.1, -0.05) is 12.1 Å². The van der Waals surface area contributed by atoms with Gasteiger partial charge in [0.05, 0.1) is 12.0 Å². The SMILES string of the molecule is O=C(Cc1ccc(O)cc1)N1CCCN(C(=O)c2cnc(C3CC3)nc2)CC1. The molecule has 1 saturated carbocycles. The summed E-state index contributed by atoms with van der Waals surface area (Å²) in [6.45, 7) is 2.28. The van der Waals surface area contributed by atoms with Crippen LogP contribution in [0, 0.1) is 0 Å². The molecule has 7 heteroatoms. The van der Waals surface area contributed by atoms with Gasteiger partial charge in [-0.2, -0.15) is 0 Å². The molecule has 0 atom stereocenters. The molecule has 1 saturated heterocycles. The van der Waals surface area contributed by atoms with Gasteiger partial charge >= 0.3 is 0 Å². The zero-order chi connectivity index (χ0) is 19.5. The van der Waals surface area contributed by atoms with E-state index in [1.54, 1.807) is 41.6 Å². The fraction of sp³-hybridized carbons (Fsp3) is 0.429. The maximum Gasteiger partial charge on any atom is 0.257 e. The third-order valence-corrected chi connectivity index (χ3v) is 5.29. The molecule has 0 bridgehead atoms. The number of hydrogen-bond acceptors (Lipinski definition) is 5. The Balaban J connectivity index is 1.34. The van der Waals surface area contributed by atoms with Crippen molar-refractivity contribution in [3.05, 3.63) is 53.6 Å². The van der Waals surface area contributed by atoms with Crippen LogP contribution in [0.25, 0.3) is 0 Å². The summed E-state index contributed by atoms with van der Waals surface area (Å²) in [5, 5.41) is 9.36. The van der Waals surface area contributed by atoms with Gasteiger partial charge in [-0.3, -0.25) is 9.59 Å². The van der Waals surface area contributed by atoms with Gasteiger partial charge in [0, 0.05) is 44.5 Å². The van der Waals surface area contributed by atoms with E-state index in [1.165, 1.54) is 0 Å². The minimum Gasteiger partial charge on any atom is -0.508 e. The van der Waals surface area contributed by atoms with E-state index in [0.29, 0.717) is 44.1 Å². The average molecular weight is 380 g/mol. The lowest BCUT2D eigenvalue weighted by Gasteiger charge is -2.22. The summed E-state index contributed by atoms with van der Waals surface area (Å²) in [5.41, 5.74) is 1.38. The molecule has 28 heavy (non-hydrogen) atoms. The smallest absolute Gasteiger partial charge is 0.257 e. The molecule has 1 aromatic heterocycles. The lowest BCUT2D eigenvalue weighted by molar-refractivity contribution is -0.130. The van der Waals surface area contributed by atoms with E-state index in [1.807, 2.05) is 4.90 Å². The summed E-state index contributed by atoms with van der Waals surface area (Å²) >= 11 is 0. The first-order valence-electron chi connectivity index (χ1n) is 9.77. The summed E-state index contributed by atoms with van der Waals surface area (Å²) in [7, 11) is 0. The van der Waals surface area contributed by atoms with Crippen molar-refractivity contribution in [3.63, 3.8) is 0 Å². The van der Waals surface area contributed by atoms with E-state index in [-0.39, 0.29) is 17.6 Å². The molecule has 2 fully saturated rings. The van der Waals surface area contributed by atoms with Gasteiger partial charge in [-0.25, -0.2) is 9.97 Å². The van der Waals surface area contributed by atoms with Gasteiger partial charge in [0.15, 0.2) is 0 Å². The summed E-state index contributed by atoms with van der Waals surface area (Å²) in [6, 6.07) is 6.68. The first kappa shape index (κ1) is 18.4. The molecule has 146 valence electrons. The molecule has 2 aromatic rings. The van der Waals surface area contributed by atoms with Gasteiger partial charge in [-0.05, 0) is 37.0 Å². The molecule has 0 unspecified atom stereocenters. The molecular weight excluding hydrogens is 356 g/mol. The van der Waals surface area contributed by atoms with Crippen LogP contribution in [0.15, 0.2) is 36.7 Å². The number of carbonyl (C=O) groups is 2. The van der Waals surface area contributed by atoms with Crippen molar-refractivity contribution in [2.75, 3.05) is 26.2 Å². The lowest BCUT2D eigenvalue weighted by atomic mass is 10.1. The van der Waals surface area contributed by atoms with Gasteiger partial charge in [-0.15, -0.1) is 0 Å². The number of amides is 2. The van der Waals surface area contributed by atoms with Crippen molar-refractivity contribution in [3.8, 4) is 5.75 Å². The van der Waals surface area contributed by atoms with Gasteiger partial charge in [0.2, 0.25) is 5.91 Å². The summed E-state index contributed by atoms with van der Waals surface area (Å²) < 4.78 is 0. The summed E-state index contributed by atoms with van der Waals surface area (Å²) in [5.74, 6) is 1.45. The minimum absolute atomic E-state index is 0.0390. The van der Waals surface area contributed by atoms with Gasteiger partial charge in [0.1, 0.15) is 11.6 Å². The van der Waals surface area contributed by atoms with E-state index in [0.717, 1.165) is 30.7 Å². The standard InChI is InChI=1S/C21H24N4O3/c26-18-6-2-15(3-7-18)12-19(27)24-8-1-9-25(11-10-24)21(28)17-13-22-20(23-14-17)16-4-5-16/h2-3,6-7,13-14,16,26H,1,4-5,8-12H2. The molecule has 1 aliphatic carbocycles. The Kier molecular flexibility index (Phi) is 5.23. The predicted octanol–water partition coefficient (Wildman–Crippen LogP) is 1.98. The van der Waals surface area contributed by atoms with E-state index in [4.69, 9.17) is 0 Å². The van der Waals surface area contributed by atoms with E-state index in [9.17, 15) is 14.7 Å². The number of aromatic nitrogens is 2. The lowest BCUT2D eigenvalue weighted by Crippen LogP contribution is -2.38. The molecule has 0 spiro atoms. The van der Waals surface area contributed by atoms with Crippen molar-refractivity contribution in [2.45, 2.75) is 31.6 Å². The number of rotatable bonds is 4. The maximum absolute atomic E-state index is 12.8. The van der Waals surface area contributed by atoms with Crippen LogP contribution in [-0.4, -0.2) is 62.9 Å². The van der Waals surface area contributed by atoms with Crippen molar-refractivity contribution in [2.24, 2.45) is 0 Å². The molecule has 2 amide bonds. The zero-order valence-corrected chi connectivity index (χ0v) is 15.8. The van der Waals surface area contributed by atoms with Crippen LogP contribution in [0.1, 0.15) is 46.9 Å². The molecule has 4 rings (SSSR count). The highest BCUT2D eigenvalue weighted by Crippen LogP contribution is 2.37. The summed E-state index contributed by atoms with van der Waals surface area (Å²) in [4.78, 5) is 37.6. The van der Waals surface area contributed by atoms with Crippen LogP contribution < -0.4 is 0 Å². The molecule has 2 aliphatic rings. The monoisotopic (exact) mass is 380 g/mol. The number of benzene rings is 1. The van der Waals surface area contributed by atoms with E-state index in [2.05, 4.69) is 9.97 Å². The van der Waals surface area contributed by atoms with Crippen LogP contribution in [0.3, 0.4) is 0 Å². The number of phenols is 1. The average Bonchev–Trinajstić information content (AvgIpc) is 3.56. The second kappa shape index (κ2) is 7.96. The molecular formula is C21H24N4O3. The highest BCUT2D eigenvalue weighted by Gasteiger charge is 2.27. The Labute approximate surface area is 164 Å². The van der Waals surface area contributed by atoms with Crippen LogP contribution in [0.4, 0.5) is 0 Å². The second-order valence-corrected chi connectivity index (χ2v) is 7.47. The maximum atomic E-state index is 12.8. The number of phenolic OH excluding ortho intramolecular Hbond substituents is 1. The fourth-order valence-electron chi connectivity index (χ4n) is 3.45. The highest BCUT2D eigenvalue weighted by molar-refractivity contribution is 5.93. The summed E-state index contributed by atoms with van der Waals surface area (Å²) in [6.07, 6.45) is 6.56. The fourth-order valence-corrected chi connectivity index (χ4v) is 3.45. The quantitative estimate of drug-likeness (QED) is 0.876. The van der Waals surface area contributed by atoms with Crippen LogP contribution in [-0.2, 0) is 11.2 Å². The van der Waals surface area contributed by atoms with Crippen molar-refractivity contribution < 1.29 is 14.7 Å². The number of hydrogen-bond donors (Lipinski definition) is 1. The molecule has 2 heterocycles. The Morgan fingerprint density at radius 3 is 2.29 bits per heavy atom. The molecule has 1 aromatic carbocycles. The Hall–Kier alpha value is -2.96. The van der Waals surface area contributed by atoms with E-state index < -0.39 is 0 Å². The van der Waals surface area contributed by atoms with Crippen LogP contribution >= 0.6 is 0 Å². The molecule has 0 radical (unpaired) electrons. The van der Waals surface area contributed by atoms with Gasteiger partial charge in [0.25, 0.3) is 5.91 Å². The van der Waals surface area contributed by atoms with Crippen molar-refractivity contribution >= 4 is 11.8 Å². The second-order valence-electron chi connectivity index (χ2n) is 7.47. The first-order chi connectivity index (χ1) is 13.6. The van der Waals surface area contributed by atoms with Crippen LogP contribution in [0.2, 0.25) is 0 Å². The third-order valence-electron chi connectivity index (χ3n) is 5.29. The van der Waals surface area contributed by atoms with Gasteiger partial charge < -0.3 is 14.9 Å². The molecule has 7 nitrogen and oxygen atoms in total. The Morgan fingerprint density at radius 2 is 1.61 bits per heavy atom. The largest absolute Gasteiger partial charge is 0.508 e. The molecule has 1 aliphatic heterocycles. The van der Waals surface area contributed by atoms with Crippen LogP contribution in [0.5, 0.6) is 5.75 Å². The minimum atomic E-state index is -0.0739. The molecule has 1 N–H and O–H groups in total. The predicted molar refractivity (Wildman–Crippen MR) is 103 cm³/mol. The normalized spacial score (nSPS) is 17.3. The van der Waals surface area contributed by atoms with E-state index >= 15 is 0 Å². The number of aromatic hydroxyl groups is 1. The number of carbonyl (C=O) groups excluding carboxylic acids is 2. The zero-order valence-electron chi connectivity index (χ0n) is 15.8. The Morgan fingerprint density at radius 1 is 0.964 bits per heavy atom. The van der Waals surface area contributed by atoms with Crippen molar-refractivity contribution in [1.29, 1.82) is 0 Å². The topological polar surface area (TPSA) is 86.6 Å².